The molecule has 4 heteroatoms. The predicted molar refractivity (Wildman–Crippen MR) is 68.6 cm³/mol. The fourth-order valence-electron chi connectivity index (χ4n) is 1.66. The zero-order chi connectivity index (χ0) is 13.1. The van der Waals surface area contributed by atoms with Crippen molar-refractivity contribution >= 4 is 0 Å². The Balaban J connectivity index is 2.13. The van der Waals surface area contributed by atoms with Gasteiger partial charge in [0, 0.05) is 0 Å². The number of hydrogen-bond donors (Lipinski definition) is 0. The molecule has 0 fully saturated rings. The lowest BCUT2D eigenvalue weighted by Gasteiger charge is -2.12. The average Bonchev–Trinajstić information content (AvgIpc) is 2.73. The minimum absolute atomic E-state index is 0.387. The smallest absolute Gasteiger partial charge is 0.145 e. The minimum Gasteiger partial charge on any atom is -0.487 e. The van der Waals surface area contributed by atoms with Gasteiger partial charge in [0.05, 0.1) is 0 Å². The Morgan fingerprint density at radius 1 is 1.22 bits per heavy atom. The molecule has 0 amide bonds. The van der Waals surface area contributed by atoms with Crippen LogP contribution in [0.5, 0.6) is 5.75 Å². The summed E-state index contributed by atoms with van der Waals surface area (Å²) in [6.07, 6.45) is 0. The molecule has 18 heavy (non-hydrogen) atoms. The van der Waals surface area contributed by atoms with E-state index in [1.54, 1.807) is 0 Å². The van der Waals surface area contributed by atoms with E-state index in [0.29, 0.717) is 12.5 Å². The van der Waals surface area contributed by atoms with Gasteiger partial charge in [0.2, 0.25) is 0 Å². The molecule has 0 aliphatic rings. The number of ether oxygens (including phenoxy) is 1. The predicted octanol–water partition coefficient (Wildman–Crippen LogP) is 3.39. The van der Waals surface area contributed by atoms with Crippen LogP contribution in [0.4, 0.5) is 0 Å². The second kappa shape index (κ2) is 5.21. The lowest BCUT2D eigenvalue weighted by Crippen LogP contribution is -2.00. The number of rotatable bonds is 4. The molecule has 1 heterocycles. The summed E-state index contributed by atoms with van der Waals surface area (Å²) < 4.78 is 10.4. The van der Waals surface area contributed by atoms with E-state index in [1.165, 1.54) is 5.56 Å². The highest BCUT2D eigenvalue weighted by molar-refractivity contribution is 5.37. The number of hydrogen-bond acceptors (Lipinski definition) is 4. The summed E-state index contributed by atoms with van der Waals surface area (Å²) in [5, 5.41) is 7.54. The van der Waals surface area contributed by atoms with Gasteiger partial charge in [-0.3, -0.25) is 0 Å². The van der Waals surface area contributed by atoms with Gasteiger partial charge in [-0.05, 0) is 37.0 Å². The van der Waals surface area contributed by atoms with Crippen molar-refractivity contribution in [3.05, 3.63) is 40.7 Å². The Kier molecular flexibility index (Phi) is 3.65. The van der Waals surface area contributed by atoms with Gasteiger partial charge in [0.1, 0.15) is 23.7 Å². The van der Waals surface area contributed by atoms with E-state index in [1.807, 2.05) is 13.8 Å². The van der Waals surface area contributed by atoms with E-state index < -0.39 is 0 Å². The van der Waals surface area contributed by atoms with Crippen LogP contribution in [-0.4, -0.2) is 10.3 Å². The highest BCUT2D eigenvalue weighted by Crippen LogP contribution is 2.25. The molecule has 0 aliphatic carbocycles. The maximum atomic E-state index is 5.79. The van der Waals surface area contributed by atoms with Crippen molar-refractivity contribution in [3.8, 4) is 5.75 Å². The Bertz CT molecular complexity index is 532. The summed E-state index contributed by atoms with van der Waals surface area (Å²) in [7, 11) is 0. The molecule has 0 bridgehead atoms. The molecule has 0 atom stereocenters. The molecule has 0 radical (unpaired) electrons. The molecule has 0 N–H and O–H groups in total. The van der Waals surface area contributed by atoms with Crippen LogP contribution in [0.1, 0.15) is 42.3 Å². The summed E-state index contributed by atoms with van der Waals surface area (Å²) in [6.45, 7) is 8.61. The molecule has 2 rings (SSSR count). The fraction of sp³-hybridized carbons (Fsp3) is 0.429. The van der Waals surface area contributed by atoms with E-state index >= 15 is 0 Å². The first-order valence-corrected chi connectivity index (χ1v) is 6.09. The van der Waals surface area contributed by atoms with Crippen LogP contribution < -0.4 is 4.74 Å². The van der Waals surface area contributed by atoms with Crippen LogP contribution in [0.3, 0.4) is 0 Å². The normalized spacial score (nSPS) is 10.9. The van der Waals surface area contributed by atoms with Gasteiger partial charge in [0.25, 0.3) is 0 Å². The Labute approximate surface area is 107 Å². The Morgan fingerprint density at radius 2 is 2.00 bits per heavy atom. The maximum Gasteiger partial charge on any atom is 0.145 e. The lowest BCUT2D eigenvalue weighted by atomic mass is 10.0. The third-order valence-corrected chi connectivity index (χ3v) is 2.99. The van der Waals surface area contributed by atoms with Crippen molar-refractivity contribution < 1.29 is 9.37 Å². The van der Waals surface area contributed by atoms with Crippen LogP contribution >= 0.6 is 0 Å². The molecule has 0 saturated heterocycles. The summed E-state index contributed by atoms with van der Waals surface area (Å²) >= 11 is 0. The molecule has 1 aromatic heterocycles. The van der Waals surface area contributed by atoms with Crippen LogP contribution in [0.15, 0.2) is 22.8 Å². The molecule has 0 unspecified atom stereocenters. The first kappa shape index (κ1) is 12.6. The molecular weight excluding hydrogens is 228 g/mol. The summed E-state index contributed by atoms with van der Waals surface area (Å²) in [6, 6.07) is 6.30. The summed E-state index contributed by atoms with van der Waals surface area (Å²) in [5.74, 6) is 1.38. The van der Waals surface area contributed by atoms with Crippen LogP contribution in [-0.2, 0) is 6.61 Å². The number of nitrogens with zero attached hydrogens (tertiary/aromatic N) is 2. The van der Waals surface area contributed by atoms with Gasteiger partial charge in [-0.2, -0.15) is 0 Å². The van der Waals surface area contributed by atoms with Crippen molar-refractivity contribution in [2.75, 3.05) is 0 Å². The highest BCUT2D eigenvalue weighted by atomic mass is 16.6. The van der Waals surface area contributed by atoms with Gasteiger partial charge in [-0.25, -0.2) is 4.63 Å². The molecule has 4 nitrogen and oxygen atoms in total. The molecule has 96 valence electrons. The number of aromatic nitrogens is 2. The van der Waals surface area contributed by atoms with E-state index in [4.69, 9.17) is 4.74 Å². The first-order valence-electron chi connectivity index (χ1n) is 6.09. The lowest BCUT2D eigenvalue weighted by molar-refractivity contribution is 0.269. The molecule has 0 spiro atoms. The monoisotopic (exact) mass is 246 g/mol. The molecule has 2 aromatic rings. The highest BCUT2D eigenvalue weighted by Gasteiger charge is 2.08. The van der Waals surface area contributed by atoms with Crippen molar-refractivity contribution in [1.29, 1.82) is 0 Å². The summed E-state index contributed by atoms with van der Waals surface area (Å²) in [4.78, 5) is 0. The molecule has 1 aromatic carbocycles. The van der Waals surface area contributed by atoms with Crippen LogP contribution in [0.2, 0.25) is 0 Å². The maximum absolute atomic E-state index is 5.79. The number of aryl methyl sites for hydroxylation is 2. The van der Waals surface area contributed by atoms with Gasteiger partial charge in [-0.1, -0.05) is 36.3 Å². The van der Waals surface area contributed by atoms with Crippen LogP contribution in [0.25, 0.3) is 0 Å². The molecular formula is C14H18N2O2. The van der Waals surface area contributed by atoms with E-state index in [9.17, 15) is 0 Å². The third kappa shape index (κ3) is 2.70. The summed E-state index contributed by atoms with van der Waals surface area (Å²) in [5.41, 5.74) is 3.90. The van der Waals surface area contributed by atoms with Crippen molar-refractivity contribution in [2.24, 2.45) is 0 Å². The third-order valence-electron chi connectivity index (χ3n) is 2.99. The first-order chi connectivity index (χ1) is 8.58. The largest absolute Gasteiger partial charge is 0.487 e. The zero-order valence-corrected chi connectivity index (χ0v) is 11.2. The van der Waals surface area contributed by atoms with E-state index in [0.717, 1.165) is 22.7 Å². The number of benzene rings is 1. The Morgan fingerprint density at radius 3 is 2.61 bits per heavy atom. The topological polar surface area (TPSA) is 48.2 Å². The quantitative estimate of drug-likeness (QED) is 0.829. The Hall–Kier alpha value is -1.84. The van der Waals surface area contributed by atoms with Crippen molar-refractivity contribution in [3.63, 3.8) is 0 Å². The van der Waals surface area contributed by atoms with Crippen molar-refractivity contribution in [1.82, 2.24) is 10.3 Å². The van der Waals surface area contributed by atoms with Crippen molar-refractivity contribution in [2.45, 2.75) is 40.2 Å². The zero-order valence-electron chi connectivity index (χ0n) is 11.2. The fourth-order valence-corrected chi connectivity index (χ4v) is 1.66. The minimum atomic E-state index is 0.387. The van der Waals surface area contributed by atoms with E-state index in [2.05, 4.69) is 47.0 Å². The molecule has 0 aliphatic heterocycles. The standard InChI is InChI=1S/C14H18N2O2/c1-9(2)12-6-5-10(3)14(7-12)17-8-13-11(4)15-18-16-13/h5-7,9H,8H2,1-4H3. The van der Waals surface area contributed by atoms with E-state index in [-0.39, 0.29) is 0 Å². The van der Waals surface area contributed by atoms with Crippen LogP contribution in [0, 0.1) is 13.8 Å². The second-order valence-electron chi connectivity index (χ2n) is 4.76. The second-order valence-corrected chi connectivity index (χ2v) is 4.76. The molecule has 0 saturated carbocycles. The van der Waals surface area contributed by atoms with Gasteiger partial charge >= 0.3 is 0 Å². The SMILES string of the molecule is Cc1ccc(C(C)C)cc1OCc1nonc1C. The van der Waals surface area contributed by atoms with Gasteiger partial charge in [0.15, 0.2) is 0 Å². The average molecular weight is 246 g/mol. The van der Waals surface area contributed by atoms with Gasteiger partial charge in [-0.15, -0.1) is 0 Å². The van der Waals surface area contributed by atoms with Gasteiger partial charge < -0.3 is 4.74 Å².